The van der Waals surface area contributed by atoms with E-state index in [0.717, 1.165) is 11.1 Å². The number of halogens is 1. The number of carbonyl (C=O) groups excluding carboxylic acids is 2. The molecule has 2 aromatic carbocycles. The van der Waals surface area contributed by atoms with E-state index < -0.39 is 11.7 Å². The molecule has 0 radical (unpaired) electrons. The van der Waals surface area contributed by atoms with Crippen LogP contribution in [0.4, 0.5) is 15.2 Å². The van der Waals surface area contributed by atoms with Crippen molar-refractivity contribution >= 4 is 45.6 Å². The second kappa shape index (κ2) is 12.1. The summed E-state index contributed by atoms with van der Waals surface area (Å²) >= 11 is 2.39. The Balaban J connectivity index is 1.41. The molecule has 12 heteroatoms. The van der Waals surface area contributed by atoms with Crippen molar-refractivity contribution in [2.45, 2.75) is 43.4 Å². The highest BCUT2D eigenvalue weighted by Crippen LogP contribution is 2.47. The quantitative estimate of drug-likeness (QED) is 0.330. The molecule has 41 heavy (non-hydrogen) atoms. The first-order valence-electron chi connectivity index (χ1n) is 13.0. The molecule has 1 aliphatic heterocycles. The lowest BCUT2D eigenvalue weighted by Crippen LogP contribution is -2.38. The highest BCUT2D eigenvalue weighted by atomic mass is 32.2. The van der Waals surface area contributed by atoms with Crippen LogP contribution in [0.25, 0.3) is 0 Å². The number of amides is 1. The van der Waals surface area contributed by atoms with E-state index in [4.69, 9.17) is 10.5 Å². The van der Waals surface area contributed by atoms with Crippen molar-refractivity contribution < 1.29 is 18.7 Å². The normalized spacial score (nSPS) is 16.9. The lowest BCUT2D eigenvalue weighted by atomic mass is 9.76. The van der Waals surface area contributed by atoms with Gasteiger partial charge in [0.15, 0.2) is 10.1 Å². The number of rotatable bonds is 8. The van der Waals surface area contributed by atoms with Gasteiger partial charge in [-0.15, -0.1) is 10.2 Å². The smallest absolute Gasteiger partial charge is 0.234 e. The molecular weight excluding hydrogens is 563 g/mol. The summed E-state index contributed by atoms with van der Waals surface area (Å²) in [6.07, 6.45) is 1.63. The van der Waals surface area contributed by atoms with E-state index in [9.17, 15) is 19.2 Å². The summed E-state index contributed by atoms with van der Waals surface area (Å²) in [4.78, 5) is 27.5. The molecule has 9 nitrogen and oxygen atoms in total. The van der Waals surface area contributed by atoms with Crippen LogP contribution < -0.4 is 20.7 Å². The SMILES string of the molecule is CCOc1ccc(C2C(C#N)=C(N)N(c3nnc(SCC(=O)Nc4cc(F)ccc4C)s3)C3=C2C(=O)CCC3)cc1. The number of anilines is 2. The summed E-state index contributed by atoms with van der Waals surface area (Å²) in [5.74, 6) is -0.434. The summed E-state index contributed by atoms with van der Waals surface area (Å²) in [5, 5.41) is 21.8. The molecule has 0 saturated heterocycles. The molecule has 3 aromatic rings. The zero-order valence-electron chi connectivity index (χ0n) is 22.4. The minimum absolute atomic E-state index is 0.0289. The van der Waals surface area contributed by atoms with Crippen molar-refractivity contribution in [1.82, 2.24) is 10.2 Å². The Kier molecular flexibility index (Phi) is 8.37. The van der Waals surface area contributed by atoms with Gasteiger partial charge in [-0.05, 0) is 62.1 Å². The highest BCUT2D eigenvalue weighted by Gasteiger charge is 2.41. The van der Waals surface area contributed by atoms with Gasteiger partial charge in [0, 0.05) is 23.4 Å². The first kappa shape index (κ1) is 28.3. The number of hydrogen-bond donors (Lipinski definition) is 2. The van der Waals surface area contributed by atoms with Crippen LogP contribution in [-0.4, -0.2) is 34.2 Å². The fraction of sp³-hybridized carbons (Fsp3) is 0.276. The Bertz CT molecular complexity index is 1610. The molecule has 1 unspecified atom stereocenters. The van der Waals surface area contributed by atoms with E-state index in [1.165, 1.54) is 35.2 Å². The molecule has 0 saturated carbocycles. The average Bonchev–Trinajstić information content (AvgIpc) is 3.42. The number of thioether (sulfide) groups is 1. The summed E-state index contributed by atoms with van der Waals surface area (Å²) in [6.45, 7) is 4.21. The monoisotopic (exact) mass is 590 g/mol. The predicted octanol–water partition coefficient (Wildman–Crippen LogP) is 5.42. The Hall–Kier alpha value is -4.21. The maximum atomic E-state index is 13.6. The number of nitrogens with zero attached hydrogens (tertiary/aromatic N) is 4. The Morgan fingerprint density at radius 3 is 2.78 bits per heavy atom. The van der Waals surface area contributed by atoms with Gasteiger partial charge in [-0.1, -0.05) is 41.3 Å². The number of allylic oxidation sites excluding steroid dienone is 3. The van der Waals surface area contributed by atoms with Crippen LogP contribution in [0.5, 0.6) is 5.75 Å². The molecular formula is C29H27FN6O3S2. The first-order valence-corrected chi connectivity index (χ1v) is 14.8. The molecule has 1 atom stereocenters. The van der Waals surface area contributed by atoms with Crippen molar-refractivity contribution in [3.05, 3.63) is 82.1 Å². The third-order valence-corrected chi connectivity index (χ3v) is 8.87. The minimum atomic E-state index is -0.591. The number of ketones is 1. The van der Waals surface area contributed by atoms with Gasteiger partial charge >= 0.3 is 0 Å². The van der Waals surface area contributed by atoms with E-state index in [1.54, 1.807) is 17.9 Å². The van der Waals surface area contributed by atoms with Crippen LogP contribution in [0.2, 0.25) is 0 Å². The summed E-state index contributed by atoms with van der Waals surface area (Å²) < 4.78 is 19.6. The van der Waals surface area contributed by atoms with Gasteiger partial charge in [0.2, 0.25) is 11.0 Å². The molecule has 5 rings (SSSR count). The number of nitrogens with one attached hydrogen (secondary N) is 1. The Morgan fingerprint density at radius 2 is 2.05 bits per heavy atom. The molecule has 1 aliphatic carbocycles. The molecule has 3 N–H and O–H groups in total. The molecule has 2 heterocycles. The molecule has 0 fully saturated rings. The molecule has 210 valence electrons. The standard InChI is InChI=1S/C29H27FN6O3S2/c1-3-39-19-11-8-17(9-12-19)25-20(14-31)27(32)36(22-5-4-6-23(37)26(22)25)28-34-35-29(41-28)40-15-24(38)33-21-13-18(30)10-7-16(21)2/h7-13,25H,3-6,15,32H2,1-2H3,(H,33,38). The summed E-state index contributed by atoms with van der Waals surface area (Å²) in [7, 11) is 0. The minimum Gasteiger partial charge on any atom is -0.494 e. The van der Waals surface area contributed by atoms with Gasteiger partial charge in [-0.25, -0.2) is 4.39 Å². The second-order valence-corrected chi connectivity index (χ2v) is 11.6. The average molecular weight is 591 g/mol. The van der Waals surface area contributed by atoms with Crippen molar-refractivity contribution in [2.24, 2.45) is 5.73 Å². The zero-order chi connectivity index (χ0) is 29.1. The number of Topliss-reactive ketones (excluding diaryl/α,β-unsaturated/α-hetero) is 1. The van der Waals surface area contributed by atoms with E-state index in [2.05, 4.69) is 21.6 Å². The predicted molar refractivity (Wildman–Crippen MR) is 156 cm³/mol. The number of aryl methyl sites for hydroxylation is 1. The van der Waals surface area contributed by atoms with Crippen molar-refractivity contribution in [3.8, 4) is 11.8 Å². The Morgan fingerprint density at radius 1 is 1.27 bits per heavy atom. The fourth-order valence-corrected chi connectivity index (χ4v) is 6.64. The van der Waals surface area contributed by atoms with Gasteiger partial charge in [-0.3, -0.25) is 14.5 Å². The van der Waals surface area contributed by atoms with Crippen LogP contribution in [0.15, 0.2) is 69.5 Å². The van der Waals surface area contributed by atoms with Crippen molar-refractivity contribution in [2.75, 3.05) is 22.6 Å². The number of benzene rings is 2. The van der Waals surface area contributed by atoms with E-state index in [-0.39, 0.29) is 28.8 Å². The van der Waals surface area contributed by atoms with Crippen molar-refractivity contribution in [1.29, 1.82) is 5.26 Å². The van der Waals surface area contributed by atoms with Gasteiger partial charge < -0.3 is 15.8 Å². The number of nitriles is 1. The molecule has 1 aromatic heterocycles. The number of ether oxygens (including phenoxy) is 1. The maximum absolute atomic E-state index is 13.6. The lowest BCUT2D eigenvalue weighted by Gasteiger charge is -2.38. The van der Waals surface area contributed by atoms with Gasteiger partial charge in [-0.2, -0.15) is 5.26 Å². The molecule has 0 spiro atoms. The number of carbonyl (C=O) groups is 2. The van der Waals surface area contributed by atoms with E-state index in [1.807, 2.05) is 31.2 Å². The second-order valence-electron chi connectivity index (χ2n) is 9.46. The lowest BCUT2D eigenvalue weighted by molar-refractivity contribution is -0.116. The van der Waals surface area contributed by atoms with Crippen LogP contribution >= 0.6 is 23.1 Å². The first-order chi connectivity index (χ1) is 19.8. The van der Waals surface area contributed by atoms with Crippen LogP contribution in [0.3, 0.4) is 0 Å². The van der Waals surface area contributed by atoms with Gasteiger partial charge in [0.1, 0.15) is 17.4 Å². The number of aromatic nitrogens is 2. The van der Waals surface area contributed by atoms with Gasteiger partial charge in [0.25, 0.3) is 0 Å². The third kappa shape index (κ3) is 5.82. The van der Waals surface area contributed by atoms with Gasteiger partial charge in [0.05, 0.1) is 29.9 Å². The third-order valence-electron chi connectivity index (χ3n) is 6.83. The number of nitrogens with two attached hydrogens (primary N) is 1. The topological polar surface area (TPSA) is 134 Å². The Labute approximate surface area is 244 Å². The summed E-state index contributed by atoms with van der Waals surface area (Å²) in [6, 6.07) is 13.8. The summed E-state index contributed by atoms with van der Waals surface area (Å²) in [5.41, 5.74) is 10.1. The zero-order valence-corrected chi connectivity index (χ0v) is 24.1. The maximum Gasteiger partial charge on any atom is 0.234 e. The highest BCUT2D eigenvalue weighted by molar-refractivity contribution is 8.01. The molecule has 1 amide bonds. The fourth-order valence-electron chi connectivity index (χ4n) is 4.96. The molecule has 2 aliphatic rings. The van der Waals surface area contributed by atoms with E-state index in [0.29, 0.717) is 58.0 Å². The molecule has 0 bridgehead atoms. The van der Waals surface area contributed by atoms with Crippen molar-refractivity contribution in [3.63, 3.8) is 0 Å². The largest absolute Gasteiger partial charge is 0.494 e. The van der Waals surface area contributed by atoms with Crippen LogP contribution in [0.1, 0.15) is 43.2 Å². The van der Waals surface area contributed by atoms with Crippen LogP contribution in [0, 0.1) is 24.1 Å². The number of hydrogen-bond acceptors (Lipinski definition) is 10. The van der Waals surface area contributed by atoms with E-state index >= 15 is 0 Å². The van der Waals surface area contributed by atoms with Crippen LogP contribution in [-0.2, 0) is 9.59 Å².